The molecule has 3 rings (SSSR count). The van der Waals surface area contributed by atoms with Gasteiger partial charge in [-0.2, -0.15) is 10.2 Å². The van der Waals surface area contributed by atoms with Crippen LogP contribution in [-0.4, -0.2) is 31.2 Å². The number of carboxylic acids is 1. The van der Waals surface area contributed by atoms with Gasteiger partial charge in [-0.25, -0.2) is 14.8 Å². The van der Waals surface area contributed by atoms with Crippen LogP contribution in [0.3, 0.4) is 0 Å². The van der Waals surface area contributed by atoms with Gasteiger partial charge in [0.1, 0.15) is 5.82 Å². The molecule has 0 aliphatic heterocycles. The number of nitrogens with one attached hydrogen (secondary N) is 1. The number of hydrogen-bond donors (Lipinski definition) is 2. The average molecular weight is 281 g/mol. The second-order valence-electron chi connectivity index (χ2n) is 4.29. The minimum Gasteiger partial charge on any atom is -0.475 e. The van der Waals surface area contributed by atoms with Crippen LogP contribution in [0.4, 0.5) is 5.82 Å². The minimum atomic E-state index is -1.16. The van der Waals surface area contributed by atoms with Crippen LogP contribution in [0.1, 0.15) is 16.3 Å². The molecular weight excluding hydrogens is 270 g/mol. The molecule has 2 heterocycles. The summed E-state index contributed by atoms with van der Waals surface area (Å²) < 4.78 is 0. The first-order valence-electron chi connectivity index (χ1n) is 6.24. The molecule has 0 unspecified atom stereocenters. The molecule has 0 atom stereocenters. The molecular formula is C14H11N5O2. The van der Waals surface area contributed by atoms with E-state index in [1.165, 1.54) is 0 Å². The number of aromatic carboxylic acids is 1. The third-order valence-electron chi connectivity index (χ3n) is 2.86. The number of anilines is 1. The van der Waals surface area contributed by atoms with E-state index in [2.05, 4.69) is 25.5 Å². The first-order valence-corrected chi connectivity index (χ1v) is 6.24. The van der Waals surface area contributed by atoms with E-state index >= 15 is 0 Å². The Balaban J connectivity index is 1.98. The van der Waals surface area contributed by atoms with Gasteiger partial charge in [-0.05, 0) is 24.3 Å². The maximum Gasteiger partial charge on any atom is 0.374 e. The van der Waals surface area contributed by atoms with E-state index < -0.39 is 5.97 Å². The van der Waals surface area contributed by atoms with Crippen molar-refractivity contribution < 1.29 is 9.90 Å². The lowest BCUT2D eigenvalue weighted by molar-refractivity contribution is 0.0684. The largest absolute Gasteiger partial charge is 0.475 e. The molecule has 0 saturated carbocycles. The predicted molar refractivity (Wildman–Crippen MR) is 75.9 cm³/mol. The van der Waals surface area contributed by atoms with Crippen molar-refractivity contribution in [2.75, 3.05) is 5.32 Å². The number of carbonyl (C=O) groups is 1. The Morgan fingerprint density at radius 2 is 2.00 bits per heavy atom. The fourth-order valence-electron chi connectivity index (χ4n) is 1.91. The van der Waals surface area contributed by atoms with Crippen LogP contribution in [0, 0.1) is 0 Å². The molecule has 0 amide bonds. The van der Waals surface area contributed by atoms with Crippen molar-refractivity contribution in [3.63, 3.8) is 0 Å². The first-order chi connectivity index (χ1) is 10.2. The zero-order valence-electron chi connectivity index (χ0n) is 10.9. The van der Waals surface area contributed by atoms with Gasteiger partial charge in [0.15, 0.2) is 0 Å². The Labute approximate surface area is 119 Å². The fraction of sp³-hybridized carbons (Fsp3) is 0.0714. The molecule has 0 radical (unpaired) electrons. The van der Waals surface area contributed by atoms with E-state index in [1.807, 2.05) is 18.2 Å². The summed E-state index contributed by atoms with van der Waals surface area (Å²) in [6, 6.07) is 10.8. The van der Waals surface area contributed by atoms with Crippen molar-refractivity contribution in [2.24, 2.45) is 0 Å². The summed E-state index contributed by atoms with van der Waals surface area (Å²) in [4.78, 5) is 19.2. The second-order valence-corrected chi connectivity index (χ2v) is 4.29. The number of hydrogen-bond acceptors (Lipinski definition) is 6. The van der Waals surface area contributed by atoms with Crippen LogP contribution >= 0.6 is 0 Å². The Morgan fingerprint density at radius 3 is 2.76 bits per heavy atom. The molecule has 0 fully saturated rings. The number of benzene rings is 1. The monoisotopic (exact) mass is 281 g/mol. The van der Waals surface area contributed by atoms with Crippen LogP contribution in [0.5, 0.6) is 0 Å². The average Bonchev–Trinajstić information content (AvgIpc) is 2.53. The number of carboxylic acid groups (broad SMARTS) is 1. The molecule has 1 aromatic carbocycles. The van der Waals surface area contributed by atoms with Crippen LogP contribution < -0.4 is 5.32 Å². The summed E-state index contributed by atoms with van der Waals surface area (Å²) >= 11 is 0. The van der Waals surface area contributed by atoms with Crippen molar-refractivity contribution in [2.45, 2.75) is 6.54 Å². The van der Waals surface area contributed by atoms with Gasteiger partial charge in [0.2, 0.25) is 5.82 Å². The number of rotatable bonds is 4. The molecule has 7 nitrogen and oxygen atoms in total. The van der Waals surface area contributed by atoms with E-state index in [9.17, 15) is 4.79 Å². The fourth-order valence-corrected chi connectivity index (χ4v) is 1.91. The topological polar surface area (TPSA) is 101 Å². The number of para-hydroxylation sites is 1. The summed E-state index contributed by atoms with van der Waals surface area (Å²) in [5, 5.41) is 20.7. The highest BCUT2D eigenvalue weighted by molar-refractivity contribution is 5.93. The van der Waals surface area contributed by atoms with E-state index in [0.29, 0.717) is 17.9 Å². The molecule has 2 aromatic heterocycles. The van der Waals surface area contributed by atoms with Gasteiger partial charge < -0.3 is 10.4 Å². The lowest BCUT2D eigenvalue weighted by Crippen LogP contribution is -2.10. The maximum absolute atomic E-state index is 11.1. The van der Waals surface area contributed by atoms with E-state index in [-0.39, 0.29) is 5.82 Å². The van der Waals surface area contributed by atoms with Crippen LogP contribution in [0.15, 0.2) is 42.6 Å². The summed E-state index contributed by atoms with van der Waals surface area (Å²) in [6.45, 7) is 0.397. The highest BCUT2D eigenvalue weighted by atomic mass is 16.4. The van der Waals surface area contributed by atoms with Crippen molar-refractivity contribution in [1.29, 1.82) is 0 Å². The molecule has 0 spiro atoms. The van der Waals surface area contributed by atoms with Crippen LogP contribution in [-0.2, 0) is 6.54 Å². The van der Waals surface area contributed by atoms with Gasteiger partial charge in [-0.3, -0.25) is 0 Å². The summed E-state index contributed by atoms with van der Waals surface area (Å²) in [7, 11) is 0. The normalized spacial score (nSPS) is 10.5. The highest BCUT2D eigenvalue weighted by Crippen LogP contribution is 2.20. The van der Waals surface area contributed by atoms with Crippen molar-refractivity contribution in [1.82, 2.24) is 20.2 Å². The van der Waals surface area contributed by atoms with Crippen molar-refractivity contribution in [3.8, 4) is 0 Å². The summed E-state index contributed by atoms with van der Waals surface area (Å²) in [5.74, 6) is -0.942. The van der Waals surface area contributed by atoms with E-state index in [4.69, 9.17) is 5.11 Å². The smallest absolute Gasteiger partial charge is 0.374 e. The quantitative estimate of drug-likeness (QED) is 0.750. The lowest BCUT2D eigenvalue weighted by atomic mass is 10.2. The zero-order chi connectivity index (χ0) is 14.7. The molecule has 0 saturated heterocycles. The third kappa shape index (κ3) is 2.76. The second kappa shape index (κ2) is 5.49. The van der Waals surface area contributed by atoms with Gasteiger partial charge in [0.25, 0.3) is 0 Å². The van der Waals surface area contributed by atoms with Crippen LogP contribution in [0.2, 0.25) is 0 Å². The number of nitrogens with zero attached hydrogens (tertiary/aromatic N) is 4. The Bertz CT molecular complexity index is 792. The molecule has 7 heteroatoms. The third-order valence-corrected chi connectivity index (χ3v) is 2.86. The van der Waals surface area contributed by atoms with Crippen molar-refractivity contribution >= 4 is 22.7 Å². The lowest BCUT2D eigenvalue weighted by Gasteiger charge is -2.08. The molecule has 0 bridgehead atoms. The van der Waals surface area contributed by atoms with Gasteiger partial charge in [0, 0.05) is 11.6 Å². The highest BCUT2D eigenvalue weighted by Gasteiger charge is 2.12. The van der Waals surface area contributed by atoms with Gasteiger partial charge >= 0.3 is 5.97 Å². The van der Waals surface area contributed by atoms with Gasteiger partial charge in [-0.1, -0.05) is 12.1 Å². The Morgan fingerprint density at radius 1 is 1.14 bits per heavy atom. The molecule has 0 aliphatic carbocycles. The SMILES string of the molecule is O=C(O)c1nc(NCc2cccnn2)c2ccccc2n1. The Hall–Kier alpha value is -3.09. The minimum absolute atomic E-state index is 0.240. The number of fused-ring (bicyclic) bond motifs is 1. The van der Waals surface area contributed by atoms with Gasteiger partial charge in [-0.15, -0.1) is 0 Å². The molecule has 0 aliphatic rings. The predicted octanol–water partition coefficient (Wildman–Crippen LogP) is 1.73. The van der Waals surface area contributed by atoms with E-state index in [0.717, 1.165) is 11.1 Å². The first kappa shape index (κ1) is 12.9. The molecule has 3 aromatic rings. The summed E-state index contributed by atoms with van der Waals surface area (Å²) in [6.07, 6.45) is 1.59. The zero-order valence-corrected chi connectivity index (χ0v) is 10.9. The van der Waals surface area contributed by atoms with Gasteiger partial charge in [0.05, 0.1) is 17.8 Å². The molecule has 2 N–H and O–H groups in total. The Kier molecular flexibility index (Phi) is 3.38. The standard InChI is InChI=1S/C14H11N5O2/c20-14(21)13-17-11-6-2-1-5-10(11)12(18-13)15-8-9-4-3-7-16-19-9/h1-7H,8H2,(H,20,21)(H,15,17,18). The summed E-state index contributed by atoms with van der Waals surface area (Å²) in [5.41, 5.74) is 1.31. The van der Waals surface area contributed by atoms with Crippen molar-refractivity contribution in [3.05, 3.63) is 54.1 Å². The van der Waals surface area contributed by atoms with E-state index in [1.54, 1.807) is 24.4 Å². The van der Waals surface area contributed by atoms with Crippen LogP contribution in [0.25, 0.3) is 10.9 Å². The molecule has 21 heavy (non-hydrogen) atoms. The maximum atomic E-state index is 11.1. The number of aromatic nitrogens is 4. The molecule has 104 valence electrons.